The van der Waals surface area contributed by atoms with Gasteiger partial charge in [-0.2, -0.15) is 0 Å². The fourth-order valence-electron chi connectivity index (χ4n) is 3.47. The van der Waals surface area contributed by atoms with Crippen molar-refractivity contribution in [1.29, 1.82) is 0 Å². The number of hydrogen-bond acceptors (Lipinski definition) is 8. The van der Waals surface area contributed by atoms with Gasteiger partial charge < -0.3 is 19.9 Å². The van der Waals surface area contributed by atoms with Gasteiger partial charge in [0.2, 0.25) is 5.88 Å². The maximum Gasteiger partial charge on any atom is 0.337 e. The van der Waals surface area contributed by atoms with Gasteiger partial charge in [0.15, 0.2) is 9.84 Å². The maximum atomic E-state index is 11.7. The Morgan fingerprint density at radius 3 is 2.58 bits per heavy atom. The van der Waals surface area contributed by atoms with Crippen LogP contribution in [-0.4, -0.2) is 48.9 Å². The van der Waals surface area contributed by atoms with Gasteiger partial charge in [-0.1, -0.05) is 0 Å². The highest BCUT2D eigenvalue weighted by molar-refractivity contribution is 7.90. The summed E-state index contributed by atoms with van der Waals surface area (Å²) in [5, 5.41) is 12.2. The van der Waals surface area contributed by atoms with Crippen LogP contribution in [0.5, 0.6) is 11.6 Å². The lowest BCUT2D eigenvalue weighted by Crippen LogP contribution is -2.07. The molecule has 4 rings (SSSR count). The molecule has 1 aliphatic rings. The minimum atomic E-state index is -3.29. The summed E-state index contributed by atoms with van der Waals surface area (Å²) in [5.74, 6) is 0.689. The second kappa shape index (κ2) is 9.55. The van der Waals surface area contributed by atoms with Crippen molar-refractivity contribution in [2.24, 2.45) is 5.92 Å². The molecule has 2 N–H and O–H groups in total. The fourth-order valence-corrected chi connectivity index (χ4v) is 4.10. The van der Waals surface area contributed by atoms with Gasteiger partial charge in [-0.05, 0) is 61.2 Å². The van der Waals surface area contributed by atoms with E-state index in [2.05, 4.69) is 15.3 Å². The van der Waals surface area contributed by atoms with Crippen LogP contribution in [0.1, 0.15) is 22.3 Å². The molecular weight excluding hydrogens is 446 g/mol. The lowest BCUT2D eigenvalue weighted by molar-refractivity contribution is 0.0696. The van der Waals surface area contributed by atoms with Crippen LogP contribution in [0.3, 0.4) is 0 Å². The number of rotatable bonds is 8. The number of hydrogen-bond donors (Lipinski definition) is 2. The van der Waals surface area contributed by atoms with Crippen molar-refractivity contribution in [3.8, 4) is 11.6 Å². The molecule has 172 valence electrons. The Morgan fingerprint density at radius 1 is 1.18 bits per heavy atom. The van der Waals surface area contributed by atoms with Crippen molar-refractivity contribution in [3.05, 3.63) is 66.0 Å². The van der Waals surface area contributed by atoms with Gasteiger partial charge in [-0.15, -0.1) is 0 Å². The number of sulfone groups is 1. The van der Waals surface area contributed by atoms with Crippen LogP contribution in [-0.2, 0) is 21.0 Å². The SMILES string of the molecule is CS(=O)(=O)c1ccc(Oc2ncc(Nc3ccc(C(=O)O)cn3)cc2CC2CCOC2)cc1. The summed E-state index contributed by atoms with van der Waals surface area (Å²) in [7, 11) is -3.29. The molecule has 0 radical (unpaired) electrons. The zero-order chi connectivity index (χ0) is 23.4. The number of carboxylic acid groups (broad SMARTS) is 1. The highest BCUT2D eigenvalue weighted by atomic mass is 32.2. The van der Waals surface area contributed by atoms with Crippen LogP contribution < -0.4 is 10.1 Å². The van der Waals surface area contributed by atoms with E-state index >= 15 is 0 Å². The third kappa shape index (κ3) is 5.85. The Labute approximate surface area is 191 Å². The smallest absolute Gasteiger partial charge is 0.337 e. The van der Waals surface area contributed by atoms with Gasteiger partial charge in [-0.25, -0.2) is 23.2 Å². The molecule has 1 saturated heterocycles. The van der Waals surface area contributed by atoms with Gasteiger partial charge in [0, 0.05) is 31.2 Å². The molecule has 1 aromatic carbocycles. The van der Waals surface area contributed by atoms with E-state index in [1.54, 1.807) is 24.4 Å². The first kappa shape index (κ1) is 22.7. The van der Waals surface area contributed by atoms with E-state index in [0.29, 0.717) is 42.1 Å². The number of carbonyl (C=O) groups is 1. The summed E-state index contributed by atoms with van der Waals surface area (Å²) in [6, 6.07) is 11.2. The molecule has 1 unspecified atom stereocenters. The molecule has 33 heavy (non-hydrogen) atoms. The summed E-state index contributed by atoms with van der Waals surface area (Å²) in [5.41, 5.74) is 1.65. The van der Waals surface area contributed by atoms with Crippen molar-refractivity contribution in [3.63, 3.8) is 0 Å². The highest BCUT2D eigenvalue weighted by Gasteiger charge is 2.20. The largest absolute Gasteiger partial charge is 0.478 e. The number of benzene rings is 1. The van der Waals surface area contributed by atoms with E-state index in [-0.39, 0.29) is 10.5 Å². The van der Waals surface area contributed by atoms with Crippen molar-refractivity contribution in [1.82, 2.24) is 9.97 Å². The number of carboxylic acids is 1. The molecular formula is C23H23N3O6S. The number of aromatic carboxylic acids is 1. The zero-order valence-corrected chi connectivity index (χ0v) is 18.7. The number of aromatic nitrogens is 2. The van der Waals surface area contributed by atoms with Gasteiger partial charge in [0.25, 0.3) is 0 Å². The van der Waals surface area contributed by atoms with Crippen LogP contribution in [0.4, 0.5) is 11.5 Å². The van der Waals surface area contributed by atoms with E-state index in [4.69, 9.17) is 14.6 Å². The monoisotopic (exact) mass is 469 g/mol. The third-order valence-corrected chi connectivity index (χ3v) is 6.34. The van der Waals surface area contributed by atoms with Crippen LogP contribution in [0.2, 0.25) is 0 Å². The molecule has 0 amide bonds. The van der Waals surface area contributed by atoms with Crippen molar-refractivity contribution in [2.75, 3.05) is 24.8 Å². The minimum Gasteiger partial charge on any atom is -0.478 e. The third-order valence-electron chi connectivity index (χ3n) is 5.21. The van der Waals surface area contributed by atoms with E-state index in [1.165, 1.54) is 24.4 Å². The summed E-state index contributed by atoms with van der Waals surface area (Å²) < 4.78 is 34.8. The first-order chi connectivity index (χ1) is 15.8. The van der Waals surface area contributed by atoms with Crippen molar-refractivity contribution >= 4 is 27.3 Å². The second-order valence-corrected chi connectivity index (χ2v) is 9.85. The first-order valence-corrected chi connectivity index (χ1v) is 12.2. The first-order valence-electron chi connectivity index (χ1n) is 10.3. The number of ether oxygens (including phenoxy) is 2. The van der Waals surface area contributed by atoms with Gasteiger partial charge in [0.05, 0.1) is 22.3 Å². The van der Waals surface area contributed by atoms with Crippen LogP contribution in [0, 0.1) is 5.92 Å². The molecule has 9 nitrogen and oxygen atoms in total. The van der Waals surface area contributed by atoms with Crippen molar-refractivity contribution < 1.29 is 27.8 Å². The average Bonchev–Trinajstić information content (AvgIpc) is 3.29. The maximum absolute atomic E-state index is 11.7. The number of pyridine rings is 2. The normalized spacial score (nSPS) is 15.8. The van der Waals surface area contributed by atoms with E-state index < -0.39 is 15.8 Å². The van der Waals surface area contributed by atoms with E-state index in [1.807, 2.05) is 6.07 Å². The van der Waals surface area contributed by atoms with Crippen LogP contribution in [0.25, 0.3) is 0 Å². The molecule has 2 aromatic heterocycles. The summed E-state index contributed by atoms with van der Waals surface area (Å²) in [4.78, 5) is 19.8. The number of anilines is 2. The fraction of sp³-hybridized carbons (Fsp3) is 0.261. The molecule has 0 saturated carbocycles. The van der Waals surface area contributed by atoms with Gasteiger partial charge in [-0.3, -0.25) is 0 Å². The Hall–Kier alpha value is -3.50. The number of nitrogens with zero attached hydrogens (tertiary/aromatic N) is 2. The minimum absolute atomic E-state index is 0.103. The average molecular weight is 470 g/mol. The quantitative estimate of drug-likeness (QED) is 0.507. The van der Waals surface area contributed by atoms with Crippen molar-refractivity contribution in [2.45, 2.75) is 17.7 Å². The molecule has 1 fully saturated rings. The molecule has 3 aromatic rings. The Balaban J connectivity index is 1.57. The molecule has 10 heteroatoms. The molecule has 0 spiro atoms. The van der Waals surface area contributed by atoms with Gasteiger partial charge in [0.1, 0.15) is 11.6 Å². The lowest BCUT2D eigenvalue weighted by Gasteiger charge is -2.15. The second-order valence-electron chi connectivity index (χ2n) is 7.83. The van der Waals surface area contributed by atoms with E-state index in [9.17, 15) is 13.2 Å². The standard InChI is InChI=1S/C23H23N3O6S/c1-33(29,30)20-5-3-19(4-6-20)32-22-17(10-15-8-9-31-14-15)11-18(13-25-22)26-21-7-2-16(12-24-21)23(27)28/h2-7,11-13,15H,8-10,14H2,1H3,(H,24,26)(H,27,28). The topological polar surface area (TPSA) is 128 Å². The Kier molecular flexibility index (Phi) is 6.57. The van der Waals surface area contributed by atoms with Gasteiger partial charge >= 0.3 is 5.97 Å². The van der Waals surface area contributed by atoms with Crippen LogP contribution >= 0.6 is 0 Å². The summed E-state index contributed by atoms with van der Waals surface area (Å²) >= 11 is 0. The van der Waals surface area contributed by atoms with E-state index in [0.717, 1.165) is 24.8 Å². The molecule has 0 bridgehead atoms. The molecule has 3 heterocycles. The Morgan fingerprint density at radius 2 is 1.97 bits per heavy atom. The summed E-state index contributed by atoms with van der Waals surface area (Å²) in [6.07, 6.45) is 5.68. The van der Waals surface area contributed by atoms with Crippen LogP contribution in [0.15, 0.2) is 59.8 Å². The summed E-state index contributed by atoms with van der Waals surface area (Å²) in [6.45, 7) is 1.39. The predicted octanol–water partition coefficient (Wildman–Crippen LogP) is 3.69. The Bertz CT molecular complexity index is 1240. The molecule has 1 atom stereocenters. The zero-order valence-electron chi connectivity index (χ0n) is 17.9. The highest BCUT2D eigenvalue weighted by Crippen LogP contribution is 2.30. The molecule has 0 aliphatic carbocycles. The lowest BCUT2D eigenvalue weighted by atomic mass is 9.99. The predicted molar refractivity (Wildman–Crippen MR) is 121 cm³/mol. The number of nitrogens with one attached hydrogen (secondary N) is 1. The molecule has 1 aliphatic heterocycles.